The first-order valence-corrected chi connectivity index (χ1v) is 5.32. The molecule has 3 heteroatoms. The summed E-state index contributed by atoms with van der Waals surface area (Å²) in [6, 6.07) is 0.810. The van der Waals surface area contributed by atoms with Gasteiger partial charge in [0.2, 0.25) is 0 Å². The summed E-state index contributed by atoms with van der Waals surface area (Å²) in [5, 5.41) is 7.20. The molecule has 0 aromatic carbocycles. The Morgan fingerprint density at radius 3 is 2.46 bits per heavy atom. The molecule has 1 aliphatic carbocycles. The lowest BCUT2D eigenvalue weighted by molar-refractivity contribution is 0.0515. The van der Waals surface area contributed by atoms with E-state index in [1.807, 2.05) is 0 Å². The minimum atomic E-state index is 0.335. The average molecular weight is 181 g/mol. The van der Waals surface area contributed by atoms with E-state index in [1.165, 1.54) is 32.2 Å². The first-order valence-electron chi connectivity index (χ1n) is 5.32. The zero-order chi connectivity index (χ0) is 9.26. The van der Waals surface area contributed by atoms with Gasteiger partial charge in [-0.2, -0.15) is 0 Å². The summed E-state index contributed by atoms with van der Waals surface area (Å²) in [7, 11) is 0. The van der Waals surface area contributed by atoms with E-state index in [0.717, 1.165) is 24.9 Å². The quantitative estimate of drug-likeness (QED) is 0.507. The van der Waals surface area contributed by atoms with E-state index in [9.17, 15) is 0 Å². The molecular formula is C10H19N3. The van der Waals surface area contributed by atoms with Crippen molar-refractivity contribution in [1.29, 1.82) is 5.41 Å². The Morgan fingerprint density at radius 1 is 1.31 bits per heavy atom. The molecule has 3 aliphatic rings. The molecule has 0 amide bonds. The first kappa shape index (κ1) is 9.00. The Labute approximate surface area is 79.8 Å². The van der Waals surface area contributed by atoms with Crippen molar-refractivity contribution in [2.24, 2.45) is 11.7 Å². The Bertz CT molecular complexity index is 194. The van der Waals surface area contributed by atoms with Crippen molar-refractivity contribution in [2.45, 2.75) is 38.1 Å². The third kappa shape index (κ3) is 2.02. The predicted octanol–water partition coefficient (Wildman–Crippen LogP) is 1.19. The second-order valence-electron chi connectivity index (χ2n) is 4.44. The second kappa shape index (κ2) is 3.66. The largest absolute Gasteiger partial charge is 0.388 e. The highest BCUT2D eigenvalue weighted by molar-refractivity contribution is 5.76. The van der Waals surface area contributed by atoms with Gasteiger partial charge in [-0.05, 0) is 31.6 Å². The maximum atomic E-state index is 7.20. The van der Waals surface area contributed by atoms with Crippen molar-refractivity contribution < 1.29 is 0 Å². The van der Waals surface area contributed by atoms with E-state index in [1.54, 1.807) is 0 Å². The molecule has 1 saturated carbocycles. The molecule has 0 unspecified atom stereocenters. The SMILES string of the molecule is N=C(N)CCN1CC2CCC1CC2. The van der Waals surface area contributed by atoms with Crippen LogP contribution >= 0.6 is 0 Å². The Balaban J connectivity index is 1.83. The molecule has 0 spiro atoms. The first-order chi connectivity index (χ1) is 6.25. The summed E-state index contributed by atoms with van der Waals surface area (Å²) in [4.78, 5) is 2.54. The molecule has 13 heavy (non-hydrogen) atoms. The Kier molecular flexibility index (Phi) is 2.54. The van der Waals surface area contributed by atoms with Crippen molar-refractivity contribution in [3.63, 3.8) is 0 Å². The van der Waals surface area contributed by atoms with Gasteiger partial charge in [-0.1, -0.05) is 0 Å². The van der Waals surface area contributed by atoms with Crippen LogP contribution in [-0.4, -0.2) is 29.9 Å². The fourth-order valence-corrected chi connectivity index (χ4v) is 2.71. The van der Waals surface area contributed by atoms with Crippen molar-refractivity contribution in [3.05, 3.63) is 0 Å². The summed E-state index contributed by atoms with van der Waals surface area (Å²) in [6.07, 6.45) is 6.37. The van der Waals surface area contributed by atoms with Gasteiger partial charge < -0.3 is 5.73 Å². The smallest absolute Gasteiger partial charge is 0.0918 e. The minimum Gasteiger partial charge on any atom is -0.388 e. The molecule has 3 N–H and O–H groups in total. The topological polar surface area (TPSA) is 53.1 Å². The summed E-state index contributed by atoms with van der Waals surface area (Å²) < 4.78 is 0. The van der Waals surface area contributed by atoms with Gasteiger partial charge in [-0.15, -0.1) is 0 Å². The molecule has 3 fully saturated rings. The van der Waals surface area contributed by atoms with Crippen LogP contribution in [-0.2, 0) is 0 Å². The van der Waals surface area contributed by atoms with Crippen LogP contribution in [0.3, 0.4) is 0 Å². The lowest BCUT2D eigenvalue weighted by Gasteiger charge is -2.45. The third-order valence-corrected chi connectivity index (χ3v) is 3.49. The molecule has 2 saturated heterocycles. The fraction of sp³-hybridized carbons (Fsp3) is 0.900. The van der Waals surface area contributed by atoms with E-state index in [-0.39, 0.29) is 0 Å². The number of fused-ring (bicyclic) bond motifs is 3. The van der Waals surface area contributed by atoms with Gasteiger partial charge in [0.1, 0.15) is 0 Å². The summed E-state index contributed by atoms with van der Waals surface area (Å²) >= 11 is 0. The van der Waals surface area contributed by atoms with Crippen molar-refractivity contribution in [2.75, 3.05) is 13.1 Å². The van der Waals surface area contributed by atoms with Crippen molar-refractivity contribution in [1.82, 2.24) is 4.90 Å². The predicted molar refractivity (Wildman–Crippen MR) is 53.9 cm³/mol. The number of rotatable bonds is 3. The Hall–Kier alpha value is -0.570. The molecule has 3 nitrogen and oxygen atoms in total. The highest BCUT2D eigenvalue weighted by Crippen LogP contribution is 2.34. The maximum Gasteiger partial charge on any atom is 0.0918 e. The molecule has 2 bridgehead atoms. The van der Waals surface area contributed by atoms with E-state index in [0.29, 0.717) is 5.84 Å². The van der Waals surface area contributed by atoms with Gasteiger partial charge in [-0.3, -0.25) is 10.3 Å². The van der Waals surface area contributed by atoms with Gasteiger partial charge >= 0.3 is 0 Å². The van der Waals surface area contributed by atoms with Crippen LogP contribution in [0.1, 0.15) is 32.1 Å². The van der Waals surface area contributed by atoms with E-state index < -0.39 is 0 Å². The molecule has 2 aliphatic heterocycles. The summed E-state index contributed by atoms with van der Waals surface area (Å²) in [5.41, 5.74) is 5.36. The lowest BCUT2D eigenvalue weighted by atomic mass is 9.80. The molecule has 0 aromatic rings. The fourth-order valence-electron chi connectivity index (χ4n) is 2.71. The number of nitrogens with zero attached hydrogens (tertiary/aromatic N) is 1. The number of piperidine rings is 2. The number of hydrogen-bond donors (Lipinski definition) is 2. The van der Waals surface area contributed by atoms with E-state index in [2.05, 4.69) is 4.90 Å². The highest BCUT2D eigenvalue weighted by Gasteiger charge is 2.32. The normalized spacial score (nSPS) is 33.5. The lowest BCUT2D eigenvalue weighted by Crippen LogP contribution is -2.48. The van der Waals surface area contributed by atoms with Gasteiger partial charge in [0.05, 0.1) is 5.84 Å². The van der Waals surface area contributed by atoms with Gasteiger partial charge in [0.25, 0.3) is 0 Å². The van der Waals surface area contributed by atoms with Crippen LogP contribution in [0.5, 0.6) is 0 Å². The van der Waals surface area contributed by atoms with Crippen LogP contribution in [0.25, 0.3) is 0 Å². The number of amidine groups is 1. The Morgan fingerprint density at radius 2 is 2.00 bits per heavy atom. The zero-order valence-corrected chi connectivity index (χ0v) is 8.13. The molecule has 0 aromatic heterocycles. The number of hydrogen-bond acceptors (Lipinski definition) is 2. The second-order valence-corrected chi connectivity index (χ2v) is 4.44. The average Bonchev–Trinajstić information content (AvgIpc) is 2.17. The van der Waals surface area contributed by atoms with Gasteiger partial charge in [-0.25, -0.2) is 0 Å². The minimum absolute atomic E-state index is 0.335. The van der Waals surface area contributed by atoms with Gasteiger partial charge in [0, 0.05) is 25.6 Å². The zero-order valence-electron chi connectivity index (χ0n) is 8.13. The molecule has 3 rings (SSSR count). The van der Waals surface area contributed by atoms with Crippen LogP contribution in [0, 0.1) is 11.3 Å². The molecule has 0 atom stereocenters. The molecule has 2 heterocycles. The monoisotopic (exact) mass is 181 g/mol. The number of nitrogens with two attached hydrogens (primary N) is 1. The van der Waals surface area contributed by atoms with Crippen LogP contribution in [0.15, 0.2) is 0 Å². The van der Waals surface area contributed by atoms with E-state index in [4.69, 9.17) is 11.1 Å². The standard InChI is InChI=1S/C10H19N3/c11-10(12)5-6-13-7-8-1-3-9(13)4-2-8/h8-9H,1-7H2,(H3,11,12). The van der Waals surface area contributed by atoms with Gasteiger partial charge in [0.15, 0.2) is 0 Å². The molecule has 0 radical (unpaired) electrons. The highest BCUT2D eigenvalue weighted by atomic mass is 15.2. The van der Waals surface area contributed by atoms with E-state index >= 15 is 0 Å². The van der Waals surface area contributed by atoms with Crippen LogP contribution < -0.4 is 5.73 Å². The third-order valence-electron chi connectivity index (χ3n) is 3.49. The summed E-state index contributed by atoms with van der Waals surface area (Å²) in [5.74, 6) is 1.28. The van der Waals surface area contributed by atoms with Crippen molar-refractivity contribution in [3.8, 4) is 0 Å². The van der Waals surface area contributed by atoms with Crippen LogP contribution in [0.4, 0.5) is 0 Å². The number of nitrogens with one attached hydrogen (secondary N) is 1. The van der Waals surface area contributed by atoms with Crippen molar-refractivity contribution >= 4 is 5.84 Å². The maximum absolute atomic E-state index is 7.20. The van der Waals surface area contributed by atoms with Crippen LogP contribution in [0.2, 0.25) is 0 Å². The summed E-state index contributed by atoms with van der Waals surface area (Å²) in [6.45, 7) is 2.27. The molecule has 74 valence electrons. The molecular weight excluding hydrogens is 162 g/mol.